The summed E-state index contributed by atoms with van der Waals surface area (Å²) in [6, 6.07) is 11.2. The van der Waals surface area contributed by atoms with E-state index >= 15 is 0 Å². The molecule has 27 heavy (non-hydrogen) atoms. The van der Waals surface area contributed by atoms with Gasteiger partial charge in [-0.15, -0.1) is 0 Å². The highest BCUT2D eigenvalue weighted by Crippen LogP contribution is 2.29. The van der Waals surface area contributed by atoms with Crippen LogP contribution in [0.5, 0.6) is 0 Å². The standard InChI is InChI=1S/C21H14N4O2/c26-18(7-6-14-10-23-13-24-11-14)20-19(15-4-2-1-3-5-15)16-8-9-22-12-17(16)25-21(20)27/h1-13H,(H,25,27)/b7-6+. The predicted octanol–water partition coefficient (Wildman–Crippen LogP) is 3.28. The SMILES string of the molecule is O=C(/C=C/c1cncnc1)c1c(-c2ccccc2)c2ccncc2[nH]c1=O. The van der Waals surface area contributed by atoms with Gasteiger partial charge in [0.25, 0.3) is 5.56 Å². The number of allylic oxidation sites excluding steroid dienone is 1. The van der Waals surface area contributed by atoms with Gasteiger partial charge in [-0.25, -0.2) is 9.97 Å². The number of hydrogen-bond acceptors (Lipinski definition) is 5. The van der Waals surface area contributed by atoms with Crippen LogP contribution in [0.25, 0.3) is 28.1 Å². The molecule has 0 atom stereocenters. The Kier molecular flexibility index (Phi) is 4.37. The Bertz CT molecular complexity index is 1200. The first-order valence-corrected chi connectivity index (χ1v) is 8.27. The normalized spacial score (nSPS) is 11.1. The van der Waals surface area contributed by atoms with Crippen molar-refractivity contribution in [2.24, 2.45) is 0 Å². The van der Waals surface area contributed by atoms with Crippen LogP contribution in [0.4, 0.5) is 0 Å². The highest BCUT2D eigenvalue weighted by molar-refractivity contribution is 6.14. The summed E-state index contributed by atoms with van der Waals surface area (Å²) < 4.78 is 0. The molecule has 0 fully saturated rings. The molecule has 3 aromatic heterocycles. The molecule has 0 unspecified atom stereocenters. The number of carbonyl (C=O) groups excluding carboxylic acids is 1. The van der Waals surface area contributed by atoms with Crippen LogP contribution in [0.15, 0.2) is 78.4 Å². The molecule has 1 N–H and O–H groups in total. The topological polar surface area (TPSA) is 88.6 Å². The number of ketones is 1. The van der Waals surface area contributed by atoms with Gasteiger partial charge in [0.05, 0.1) is 17.3 Å². The van der Waals surface area contributed by atoms with Crippen molar-refractivity contribution in [3.63, 3.8) is 0 Å². The summed E-state index contributed by atoms with van der Waals surface area (Å²) in [5.74, 6) is -0.391. The Morgan fingerprint density at radius 1 is 0.963 bits per heavy atom. The molecule has 3 heterocycles. The van der Waals surface area contributed by atoms with E-state index in [1.54, 1.807) is 36.9 Å². The van der Waals surface area contributed by atoms with Gasteiger partial charge < -0.3 is 4.98 Å². The molecular weight excluding hydrogens is 340 g/mol. The molecule has 130 valence electrons. The van der Waals surface area contributed by atoms with E-state index in [1.165, 1.54) is 12.4 Å². The lowest BCUT2D eigenvalue weighted by atomic mass is 9.94. The van der Waals surface area contributed by atoms with Gasteiger partial charge in [0.1, 0.15) is 6.33 Å². The summed E-state index contributed by atoms with van der Waals surface area (Å²) in [6.45, 7) is 0. The van der Waals surface area contributed by atoms with E-state index in [0.29, 0.717) is 16.6 Å². The number of hydrogen-bond donors (Lipinski definition) is 1. The maximum Gasteiger partial charge on any atom is 0.260 e. The molecule has 0 saturated carbocycles. The second kappa shape index (κ2) is 7.13. The van der Waals surface area contributed by atoms with Gasteiger partial charge in [0.2, 0.25) is 0 Å². The molecule has 0 aliphatic heterocycles. The molecule has 0 bridgehead atoms. The number of pyridine rings is 2. The van der Waals surface area contributed by atoms with Crippen molar-refractivity contribution < 1.29 is 4.79 Å². The second-order valence-electron chi connectivity index (χ2n) is 5.86. The Morgan fingerprint density at radius 2 is 1.74 bits per heavy atom. The first kappa shape index (κ1) is 16.5. The number of benzene rings is 1. The van der Waals surface area contributed by atoms with Gasteiger partial charge in [-0.3, -0.25) is 14.6 Å². The summed E-state index contributed by atoms with van der Waals surface area (Å²) in [5, 5.41) is 0.760. The summed E-state index contributed by atoms with van der Waals surface area (Å²) >= 11 is 0. The van der Waals surface area contributed by atoms with Crippen LogP contribution in [0.3, 0.4) is 0 Å². The van der Waals surface area contributed by atoms with Crippen molar-refractivity contribution in [2.45, 2.75) is 0 Å². The van der Waals surface area contributed by atoms with E-state index < -0.39 is 11.3 Å². The zero-order valence-electron chi connectivity index (χ0n) is 14.2. The van der Waals surface area contributed by atoms with Crippen LogP contribution in [0.2, 0.25) is 0 Å². The molecule has 1 aromatic carbocycles. The molecule has 0 amide bonds. The maximum absolute atomic E-state index is 12.9. The number of fused-ring (bicyclic) bond motifs is 1. The van der Waals surface area contributed by atoms with Gasteiger partial charge in [0, 0.05) is 35.1 Å². The smallest absolute Gasteiger partial charge is 0.260 e. The van der Waals surface area contributed by atoms with Crippen molar-refractivity contribution in [3.05, 3.63) is 95.1 Å². The molecular formula is C21H14N4O2. The molecule has 0 aliphatic rings. The lowest BCUT2D eigenvalue weighted by Crippen LogP contribution is -2.18. The lowest BCUT2D eigenvalue weighted by Gasteiger charge is -2.11. The molecule has 6 nitrogen and oxygen atoms in total. The first-order chi connectivity index (χ1) is 13.2. The molecule has 4 rings (SSSR count). The fourth-order valence-electron chi connectivity index (χ4n) is 2.94. The lowest BCUT2D eigenvalue weighted by molar-refractivity contribution is 0.104. The minimum absolute atomic E-state index is 0.0907. The number of rotatable bonds is 4. The second-order valence-corrected chi connectivity index (χ2v) is 5.86. The van der Waals surface area contributed by atoms with Crippen LogP contribution in [0.1, 0.15) is 15.9 Å². The largest absolute Gasteiger partial charge is 0.320 e. The third-order valence-electron chi connectivity index (χ3n) is 4.13. The number of aromatic nitrogens is 4. The Hall–Kier alpha value is -3.93. The van der Waals surface area contributed by atoms with Crippen molar-refractivity contribution in [2.75, 3.05) is 0 Å². The van der Waals surface area contributed by atoms with E-state index in [0.717, 1.165) is 10.9 Å². The van der Waals surface area contributed by atoms with Gasteiger partial charge in [0.15, 0.2) is 5.78 Å². The number of H-pyrrole nitrogens is 1. The zero-order chi connectivity index (χ0) is 18.6. The Balaban J connectivity index is 1.92. The molecule has 0 aliphatic carbocycles. The van der Waals surface area contributed by atoms with Crippen molar-refractivity contribution in [1.82, 2.24) is 19.9 Å². The highest BCUT2D eigenvalue weighted by Gasteiger charge is 2.19. The number of nitrogens with zero attached hydrogens (tertiary/aromatic N) is 3. The van der Waals surface area contributed by atoms with Crippen LogP contribution in [-0.2, 0) is 0 Å². The van der Waals surface area contributed by atoms with E-state index in [-0.39, 0.29) is 5.56 Å². The predicted molar refractivity (Wildman–Crippen MR) is 103 cm³/mol. The Morgan fingerprint density at radius 3 is 2.52 bits per heavy atom. The molecule has 4 aromatic rings. The van der Waals surface area contributed by atoms with Crippen molar-refractivity contribution >= 4 is 22.8 Å². The van der Waals surface area contributed by atoms with Gasteiger partial charge in [-0.05, 0) is 23.8 Å². The third kappa shape index (κ3) is 3.28. The first-order valence-electron chi connectivity index (χ1n) is 8.27. The molecule has 6 heteroatoms. The molecule has 0 spiro atoms. The van der Waals surface area contributed by atoms with Gasteiger partial charge in [-0.1, -0.05) is 30.3 Å². The van der Waals surface area contributed by atoms with Crippen LogP contribution in [-0.4, -0.2) is 25.7 Å². The average Bonchev–Trinajstić information content (AvgIpc) is 2.72. The quantitative estimate of drug-likeness (QED) is 0.449. The Labute approximate surface area is 154 Å². The van der Waals surface area contributed by atoms with Gasteiger partial charge in [-0.2, -0.15) is 0 Å². The zero-order valence-corrected chi connectivity index (χ0v) is 14.2. The highest BCUT2D eigenvalue weighted by atomic mass is 16.1. The number of nitrogens with one attached hydrogen (secondary N) is 1. The van der Waals surface area contributed by atoms with Crippen molar-refractivity contribution in [1.29, 1.82) is 0 Å². The maximum atomic E-state index is 12.9. The summed E-state index contributed by atoms with van der Waals surface area (Å²) in [7, 11) is 0. The fourth-order valence-corrected chi connectivity index (χ4v) is 2.94. The summed E-state index contributed by atoms with van der Waals surface area (Å²) in [6.07, 6.45) is 10.8. The molecule has 0 saturated heterocycles. The van der Waals surface area contributed by atoms with Crippen LogP contribution < -0.4 is 5.56 Å². The summed E-state index contributed by atoms with van der Waals surface area (Å²) in [4.78, 5) is 40.3. The minimum atomic E-state index is -0.451. The molecule has 0 radical (unpaired) electrons. The van der Waals surface area contributed by atoms with Gasteiger partial charge >= 0.3 is 0 Å². The van der Waals surface area contributed by atoms with E-state index in [9.17, 15) is 9.59 Å². The monoisotopic (exact) mass is 354 g/mol. The van der Waals surface area contributed by atoms with E-state index in [1.807, 2.05) is 30.3 Å². The van der Waals surface area contributed by atoms with E-state index in [4.69, 9.17) is 0 Å². The minimum Gasteiger partial charge on any atom is -0.320 e. The van der Waals surface area contributed by atoms with Crippen molar-refractivity contribution in [3.8, 4) is 11.1 Å². The van der Waals surface area contributed by atoms with Crippen LogP contribution >= 0.6 is 0 Å². The van der Waals surface area contributed by atoms with Crippen LogP contribution in [0, 0.1) is 0 Å². The fraction of sp³-hybridized carbons (Fsp3) is 0. The number of aromatic amines is 1. The summed E-state index contributed by atoms with van der Waals surface area (Å²) in [5.41, 5.74) is 2.28. The number of carbonyl (C=O) groups is 1. The average molecular weight is 354 g/mol. The third-order valence-corrected chi connectivity index (χ3v) is 4.13. The van der Waals surface area contributed by atoms with E-state index in [2.05, 4.69) is 19.9 Å².